The summed E-state index contributed by atoms with van der Waals surface area (Å²) in [6, 6.07) is 31.8. The number of fused-ring (bicyclic) bond motifs is 2. The van der Waals surface area contributed by atoms with E-state index in [1.807, 2.05) is 72.8 Å². The molecule has 0 saturated heterocycles. The Morgan fingerprint density at radius 2 is 1.54 bits per heavy atom. The Morgan fingerprint density at radius 1 is 0.780 bits per heavy atom. The van der Waals surface area contributed by atoms with Crippen LogP contribution >= 0.6 is 11.6 Å². The summed E-state index contributed by atoms with van der Waals surface area (Å²) < 4.78 is 17.2. The molecule has 0 aliphatic heterocycles. The number of esters is 1. The first kappa shape index (κ1) is 27.0. The lowest BCUT2D eigenvalue weighted by Gasteiger charge is -2.46. The van der Waals surface area contributed by atoms with Gasteiger partial charge in [0.1, 0.15) is 22.8 Å². The lowest BCUT2D eigenvalue weighted by atomic mass is 9.61. The number of methoxy groups -OCH3 is 2. The Hall–Kier alpha value is -4.22. The van der Waals surface area contributed by atoms with Crippen LogP contribution in [-0.2, 0) is 14.9 Å². The molecule has 0 heterocycles. The number of allylic oxidation sites excluding steroid dienone is 1. The summed E-state index contributed by atoms with van der Waals surface area (Å²) >= 11 is 6.27. The summed E-state index contributed by atoms with van der Waals surface area (Å²) in [4.78, 5) is 13.3. The normalized spacial score (nSPS) is 21.1. The lowest BCUT2D eigenvalue weighted by Crippen LogP contribution is -2.52. The van der Waals surface area contributed by atoms with Gasteiger partial charge in [-0.25, -0.2) is 4.79 Å². The van der Waals surface area contributed by atoms with Crippen LogP contribution in [-0.4, -0.2) is 25.7 Å². The Morgan fingerprint density at radius 3 is 2.27 bits per heavy atom. The van der Waals surface area contributed by atoms with E-state index in [4.69, 9.17) is 25.8 Å². The van der Waals surface area contributed by atoms with Gasteiger partial charge < -0.3 is 19.5 Å². The van der Waals surface area contributed by atoms with E-state index in [-0.39, 0.29) is 11.4 Å². The highest BCUT2D eigenvalue weighted by molar-refractivity contribution is 6.30. The van der Waals surface area contributed by atoms with Gasteiger partial charge in [-0.05, 0) is 109 Å². The SMILES string of the molecule is COC(=O)C1(Nc2cccc(Cl)c2)CCC2(CC1)C(c1cccc(Oc3ccccc3)c1)=Cc1ccc(OC)cc12. The molecule has 41 heavy (non-hydrogen) atoms. The van der Waals surface area contributed by atoms with Crippen molar-refractivity contribution >= 4 is 34.9 Å². The van der Waals surface area contributed by atoms with E-state index in [0.717, 1.165) is 41.3 Å². The number of hydrogen-bond acceptors (Lipinski definition) is 5. The molecule has 1 spiro atoms. The maximum atomic E-state index is 13.3. The second-order valence-electron chi connectivity index (χ2n) is 10.7. The van der Waals surface area contributed by atoms with Crippen LogP contribution in [0.3, 0.4) is 0 Å². The average molecular weight is 566 g/mol. The van der Waals surface area contributed by atoms with Crippen molar-refractivity contribution in [1.29, 1.82) is 0 Å². The summed E-state index contributed by atoms with van der Waals surface area (Å²) in [5.74, 6) is 2.13. The quantitative estimate of drug-likeness (QED) is 0.228. The fourth-order valence-corrected chi connectivity index (χ4v) is 6.60. The Balaban J connectivity index is 1.38. The van der Waals surface area contributed by atoms with Crippen LogP contribution < -0.4 is 14.8 Å². The van der Waals surface area contributed by atoms with E-state index < -0.39 is 5.54 Å². The number of carbonyl (C=O) groups is 1. The molecular formula is C35H32ClNO4. The minimum atomic E-state index is -0.865. The van der Waals surface area contributed by atoms with Crippen LogP contribution in [0.1, 0.15) is 42.4 Å². The standard InChI is InChI=1S/C35H32ClNO4/c1-39-29-15-14-25-21-31(24-8-6-13-30(20-24)41-28-11-4-3-5-12-28)34(32(25)23-29)16-18-35(19-17-34,33(38)40-2)37-27-10-7-9-26(36)22-27/h3-15,20-23,37H,16-19H2,1-2H3. The second kappa shape index (κ2) is 11.0. The third-order valence-electron chi connectivity index (χ3n) is 8.46. The van der Waals surface area contributed by atoms with Crippen LogP contribution in [0.25, 0.3) is 11.6 Å². The molecule has 1 N–H and O–H groups in total. The van der Waals surface area contributed by atoms with Gasteiger partial charge in [0.25, 0.3) is 0 Å². The van der Waals surface area contributed by atoms with Gasteiger partial charge in [-0.1, -0.05) is 54.1 Å². The lowest BCUT2D eigenvalue weighted by molar-refractivity contribution is -0.147. The topological polar surface area (TPSA) is 56.8 Å². The zero-order valence-corrected chi connectivity index (χ0v) is 23.9. The van der Waals surface area contributed by atoms with E-state index in [1.54, 1.807) is 7.11 Å². The molecule has 0 aromatic heterocycles. The van der Waals surface area contributed by atoms with Gasteiger partial charge in [-0.15, -0.1) is 0 Å². The maximum Gasteiger partial charge on any atom is 0.331 e. The van der Waals surface area contributed by atoms with Crippen molar-refractivity contribution < 1.29 is 19.0 Å². The summed E-state index contributed by atoms with van der Waals surface area (Å²) in [6.07, 6.45) is 4.93. The first-order valence-corrected chi connectivity index (χ1v) is 14.2. The van der Waals surface area contributed by atoms with Crippen molar-refractivity contribution in [2.45, 2.75) is 36.6 Å². The highest BCUT2D eigenvalue weighted by atomic mass is 35.5. The smallest absolute Gasteiger partial charge is 0.331 e. The molecule has 0 bridgehead atoms. The summed E-state index contributed by atoms with van der Waals surface area (Å²) in [6.45, 7) is 0. The van der Waals surface area contributed by atoms with E-state index in [2.05, 4.69) is 35.7 Å². The van der Waals surface area contributed by atoms with Crippen molar-refractivity contribution in [3.8, 4) is 17.2 Å². The molecule has 5 nitrogen and oxygen atoms in total. The number of hydrogen-bond donors (Lipinski definition) is 1. The van der Waals surface area contributed by atoms with Crippen LogP contribution in [0.15, 0.2) is 97.1 Å². The van der Waals surface area contributed by atoms with Crippen LogP contribution in [0, 0.1) is 0 Å². The molecule has 0 radical (unpaired) electrons. The van der Waals surface area contributed by atoms with Crippen molar-refractivity contribution in [1.82, 2.24) is 0 Å². The predicted molar refractivity (Wildman–Crippen MR) is 164 cm³/mol. The summed E-state index contributed by atoms with van der Waals surface area (Å²) in [5, 5.41) is 4.12. The molecule has 2 aliphatic carbocycles. The first-order valence-electron chi connectivity index (χ1n) is 13.8. The van der Waals surface area contributed by atoms with E-state index in [0.29, 0.717) is 17.9 Å². The van der Waals surface area contributed by atoms with E-state index >= 15 is 0 Å². The molecule has 2 aliphatic rings. The molecule has 4 aromatic rings. The van der Waals surface area contributed by atoms with Crippen LogP contribution in [0.2, 0.25) is 5.02 Å². The molecule has 4 aromatic carbocycles. The maximum absolute atomic E-state index is 13.3. The Bertz CT molecular complexity index is 1610. The number of benzene rings is 4. The molecule has 0 unspecified atom stereocenters. The van der Waals surface area contributed by atoms with Crippen LogP contribution in [0.5, 0.6) is 17.2 Å². The summed E-state index contributed by atoms with van der Waals surface area (Å²) in [5.41, 5.74) is 4.35. The number of carbonyl (C=O) groups excluding carboxylic acids is 1. The number of halogens is 1. The largest absolute Gasteiger partial charge is 0.497 e. The Labute approximate surface area is 245 Å². The third kappa shape index (κ3) is 5.07. The first-order chi connectivity index (χ1) is 19.9. The van der Waals surface area contributed by atoms with Crippen LogP contribution in [0.4, 0.5) is 5.69 Å². The van der Waals surface area contributed by atoms with Gasteiger partial charge in [0, 0.05) is 16.1 Å². The number of ether oxygens (including phenoxy) is 3. The molecule has 1 fully saturated rings. The van der Waals surface area contributed by atoms with Gasteiger partial charge in [0.05, 0.1) is 14.2 Å². The molecular weight excluding hydrogens is 534 g/mol. The van der Waals surface area contributed by atoms with Crippen molar-refractivity contribution in [3.05, 3.63) is 119 Å². The monoisotopic (exact) mass is 565 g/mol. The number of nitrogens with one attached hydrogen (secondary N) is 1. The zero-order chi connectivity index (χ0) is 28.5. The minimum Gasteiger partial charge on any atom is -0.497 e. The molecule has 0 amide bonds. The van der Waals surface area contributed by atoms with E-state index in [1.165, 1.54) is 23.8 Å². The van der Waals surface area contributed by atoms with Gasteiger partial charge >= 0.3 is 5.97 Å². The Kier molecular flexibility index (Phi) is 7.22. The zero-order valence-electron chi connectivity index (χ0n) is 23.2. The van der Waals surface area contributed by atoms with Gasteiger partial charge in [-0.3, -0.25) is 0 Å². The fraction of sp³-hybridized carbons (Fsp3) is 0.229. The predicted octanol–water partition coefficient (Wildman–Crippen LogP) is 8.53. The third-order valence-corrected chi connectivity index (χ3v) is 8.69. The fourth-order valence-electron chi connectivity index (χ4n) is 6.41. The number of para-hydroxylation sites is 1. The van der Waals surface area contributed by atoms with Gasteiger partial charge in [-0.2, -0.15) is 0 Å². The average Bonchev–Trinajstić information content (AvgIpc) is 3.31. The van der Waals surface area contributed by atoms with Crippen molar-refractivity contribution in [3.63, 3.8) is 0 Å². The number of rotatable bonds is 7. The van der Waals surface area contributed by atoms with Crippen molar-refractivity contribution in [2.24, 2.45) is 0 Å². The molecule has 0 atom stereocenters. The molecule has 6 rings (SSSR count). The van der Waals surface area contributed by atoms with Gasteiger partial charge in [0.15, 0.2) is 0 Å². The van der Waals surface area contributed by atoms with E-state index in [9.17, 15) is 4.79 Å². The molecule has 1 saturated carbocycles. The second-order valence-corrected chi connectivity index (χ2v) is 11.2. The highest BCUT2D eigenvalue weighted by Gasteiger charge is 2.52. The summed E-state index contributed by atoms with van der Waals surface area (Å²) in [7, 11) is 3.15. The minimum absolute atomic E-state index is 0.264. The molecule has 208 valence electrons. The highest BCUT2D eigenvalue weighted by Crippen LogP contribution is 2.57. The number of anilines is 1. The molecule has 6 heteroatoms. The van der Waals surface area contributed by atoms with Gasteiger partial charge in [0.2, 0.25) is 0 Å². The van der Waals surface area contributed by atoms with Crippen molar-refractivity contribution in [2.75, 3.05) is 19.5 Å².